The smallest absolute Gasteiger partial charge is 0.367 e. The van der Waals surface area contributed by atoms with Gasteiger partial charge in [-0.2, -0.15) is 26.3 Å². The van der Waals surface area contributed by atoms with Crippen LogP contribution in [0.1, 0.15) is 25.0 Å². The summed E-state index contributed by atoms with van der Waals surface area (Å²) in [5.41, 5.74) is -1.53. The molecule has 2 aliphatic heterocycles. The van der Waals surface area contributed by atoms with Gasteiger partial charge in [-0.15, -0.1) is 0 Å². The molecule has 4 heterocycles. The van der Waals surface area contributed by atoms with Gasteiger partial charge in [0.25, 0.3) is 0 Å². The van der Waals surface area contributed by atoms with Crippen molar-refractivity contribution in [3.8, 4) is 0 Å². The second-order valence-electron chi connectivity index (χ2n) is 8.63. The quantitative estimate of drug-likeness (QED) is 0.575. The Morgan fingerprint density at radius 1 is 1.09 bits per heavy atom. The van der Waals surface area contributed by atoms with Crippen molar-refractivity contribution >= 4 is 22.6 Å². The zero-order valence-electron chi connectivity index (χ0n) is 18.0. The Kier molecular flexibility index (Phi) is 6.74. The number of carbonyl (C=O) groups excluding carboxylic acids is 1. The van der Waals surface area contributed by atoms with Crippen LogP contribution >= 0.6 is 0 Å². The number of nitrogens with zero attached hydrogens (tertiary/aromatic N) is 3. The number of anilines is 1. The number of carbonyl (C=O) groups is 1. The van der Waals surface area contributed by atoms with E-state index in [1.54, 1.807) is 0 Å². The highest BCUT2D eigenvalue weighted by Crippen LogP contribution is 2.39. The third-order valence-electron chi connectivity index (χ3n) is 6.11. The third kappa shape index (κ3) is 5.45. The number of pyridine rings is 2. The highest BCUT2D eigenvalue weighted by molar-refractivity contribution is 5.93. The van der Waals surface area contributed by atoms with Crippen LogP contribution in [0.25, 0.3) is 10.9 Å². The molecular formula is C21H24F6N6O. The number of amides is 2. The molecule has 2 aliphatic rings. The molecule has 0 radical (unpaired) electrons. The Bertz CT molecular complexity index is 1020. The number of rotatable bonds is 3. The molecule has 2 saturated heterocycles. The number of hydrogen-bond acceptors (Lipinski definition) is 5. The molecule has 4 rings (SSSR count). The second kappa shape index (κ2) is 9.43. The van der Waals surface area contributed by atoms with Gasteiger partial charge in [0.15, 0.2) is 5.69 Å². The lowest BCUT2D eigenvalue weighted by Gasteiger charge is -2.40. The first-order valence-electron chi connectivity index (χ1n) is 10.9. The van der Waals surface area contributed by atoms with Gasteiger partial charge in [0.05, 0.1) is 17.8 Å². The molecule has 0 spiro atoms. The van der Waals surface area contributed by atoms with Gasteiger partial charge in [0.2, 0.25) is 0 Å². The normalized spacial score (nSPS) is 24.2. The van der Waals surface area contributed by atoms with Crippen LogP contribution in [0.3, 0.4) is 0 Å². The Balaban J connectivity index is 1.59. The van der Waals surface area contributed by atoms with Gasteiger partial charge in [-0.05, 0) is 37.9 Å². The Morgan fingerprint density at radius 2 is 1.85 bits per heavy atom. The lowest BCUT2D eigenvalue weighted by Crippen LogP contribution is -2.57. The van der Waals surface area contributed by atoms with Crippen LogP contribution in [-0.2, 0) is 6.18 Å². The van der Waals surface area contributed by atoms with Crippen LogP contribution < -0.4 is 20.9 Å². The standard InChI is InChI=1S/C21H24F6N6O/c22-20(23,24)12-7-14(32-19(34)31-13-3-1-5-28-8-13)11-33(10-12)16-9-30-18(21(25,26)27)17-15(16)4-2-6-29-17/h2,4,6,9,12-14,28H,1,3,5,7-8,10-11H2,(H2,31,32,34)/t12-,13+,14+/m0/s1. The van der Waals surface area contributed by atoms with Gasteiger partial charge in [0.1, 0.15) is 5.52 Å². The summed E-state index contributed by atoms with van der Waals surface area (Å²) in [4.78, 5) is 21.0. The van der Waals surface area contributed by atoms with Crippen molar-refractivity contribution in [1.82, 2.24) is 25.9 Å². The molecule has 13 heteroatoms. The van der Waals surface area contributed by atoms with Gasteiger partial charge in [-0.1, -0.05) is 0 Å². The molecule has 2 aromatic heterocycles. The van der Waals surface area contributed by atoms with Crippen molar-refractivity contribution in [2.75, 3.05) is 31.1 Å². The summed E-state index contributed by atoms with van der Waals surface area (Å²) in [6, 6.07) is 1.22. The third-order valence-corrected chi connectivity index (χ3v) is 6.11. The molecule has 0 bridgehead atoms. The van der Waals surface area contributed by atoms with E-state index in [9.17, 15) is 31.1 Å². The molecule has 3 atom stereocenters. The summed E-state index contributed by atoms with van der Waals surface area (Å²) in [5, 5.41) is 8.57. The first-order chi connectivity index (χ1) is 16.0. The molecule has 2 aromatic rings. The summed E-state index contributed by atoms with van der Waals surface area (Å²) in [7, 11) is 0. The van der Waals surface area contributed by atoms with E-state index in [0.717, 1.165) is 25.6 Å². The zero-order valence-corrected chi connectivity index (χ0v) is 18.0. The van der Waals surface area contributed by atoms with E-state index in [4.69, 9.17) is 0 Å². The minimum atomic E-state index is -4.77. The van der Waals surface area contributed by atoms with Crippen molar-refractivity contribution < 1.29 is 31.1 Å². The van der Waals surface area contributed by atoms with Crippen LogP contribution in [0, 0.1) is 5.92 Å². The number of halogens is 6. The fourth-order valence-electron chi connectivity index (χ4n) is 4.54. The molecule has 2 amide bonds. The minimum Gasteiger partial charge on any atom is -0.367 e. The molecule has 0 aromatic carbocycles. The molecule has 0 aliphatic carbocycles. The predicted octanol–water partition coefficient (Wildman–Crippen LogP) is 3.46. The summed E-state index contributed by atoms with van der Waals surface area (Å²) < 4.78 is 81.3. The van der Waals surface area contributed by atoms with E-state index in [0.29, 0.717) is 6.54 Å². The molecular weight excluding hydrogens is 466 g/mol. The van der Waals surface area contributed by atoms with Crippen LogP contribution in [0.2, 0.25) is 0 Å². The number of alkyl halides is 6. The SMILES string of the molecule is O=C(N[C@@H]1CCCNC1)N[C@@H]1C[C@H](C(F)(F)F)CN(c2cnc(C(F)(F)F)c3ncccc23)C1. The van der Waals surface area contributed by atoms with Crippen LogP contribution in [0.4, 0.5) is 36.8 Å². The number of urea groups is 1. The maximum Gasteiger partial charge on any atom is 0.435 e. The monoisotopic (exact) mass is 490 g/mol. The first kappa shape index (κ1) is 24.3. The molecule has 2 fully saturated rings. The number of aromatic nitrogens is 2. The van der Waals surface area contributed by atoms with E-state index in [1.807, 2.05) is 0 Å². The van der Waals surface area contributed by atoms with Crippen molar-refractivity contribution in [3.05, 3.63) is 30.2 Å². The summed E-state index contributed by atoms with van der Waals surface area (Å²) in [6.07, 6.45) is -5.91. The van der Waals surface area contributed by atoms with Gasteiger partial charge < -0.3 is 20.9 Å². The highest BCUT2D eigenvalue weighted by atomic mass is 19.4. The Labute approximate surface area is 191 Å². The van der Waals surface area contributed by atoms with Gasteiger partial charge >= 0.3 is 18.4 Å². The number of hydrogen-bond donors (Lipinski definition) is 3. The van der Waals surface area contributed by atoms with Crippen molar-refractivity contribution in [2.24, 2.45) is 5.92 Å². The topological polar surface area (TPSA) is 82.2 Å². The van der Waals surface area contributed by atoms with Crippen molar-refractivity contribution in [3.63, 3.8) is 0 Å². The maximum atomic E-state index is 13.7. The fraction of sp³-hybridized carbons (Fsp3) is 0.571. The van der Waals surface area contributed by atoms with E-state index in [2.05, 4.69) is 25.9 Å². The first-order valence-corrected chi connectivity index (χ1v) is 10.9. The average molecular weight is 490 g/mol. The van der Waals surface area contributed by atoms with Gasteiger partial charge in [-0.3, -0.25) is 4.98 Å². The predicted molar refractivity (Wildman–Crippen MR) is 112 cm³/mol. The molecule has 34 heavy (non-hydrogen) atoms. The van der Waals surface area contributed by atoms with E-state index in [-0.39, 0.29) is 30.1 Å². The van der Waals surface area contributed by atoms with Crippen LogP contribution in [-0.4, -0.2) is 60.4 Å². The van der Waals surface area contributed by atoms with E-state index < -0.39 is 48.1 Å². The van der Waals surface area contributed by atoms with E-state index in [1.165, 1.54) is 23.2 Å². The zero-order chi connectivity index (χ0) is 24.5. The second-order valence-corrected chi connectivity index (χ2v) is 8.63. The van der Waals surface area contributed by atoms with E-state index >= 15 is 0 Å². The highest BCUT2D eigenvalue weighted by Gasteiger charge is 2.45. The van der Waals surface area contributed by atoms with Crippen LogP contribution in [0.15, 0.2) is 24.5 Å². The van der Waals surface area contributed by atoms with Crippen molar-refractivity contribution in [1.29, 1.82) is 0 Å². The van der Waals surface area contributed by atoms with Gasteiger partial charge in [0, 0.05) is 43.3 Å². The molecule has 0 saturated carbocycles. The summed E-state index contributed by atoms with van der Waals surface area (Å²) >= 11 is 0. The lowest BCUT2D eigenvalue weighted by atomic mass is 9.93. The summed E-state index contributed by atoms with van der Waals surface area (Å²) in [6.45, 7) is 0.938. The molecule has 186 valence electrons. The average Bonchev–Trinajstić information content (AvgIpc) is 2.77. The lowest BCUT2D eigenvalue weighted by molar-refractivity contribution is -0.177. The Hall–Kier alpha value is -2.83. The molecule has 3 N–H and O–H groups in total. The van der Waals surface area contributed by atoms with Gasteiger partial charge in [-0.25, -0.2) is 9.78 Å². The molecule has 0 unspecified atom stereocenters. The minimum absolute atomic E-state index is 0.0139. The number of fused-ring (bicyclic) bond motifs is 1. The Morgan fingerprint density at radius 3 is 2.53 bits per heavy atom. The number of piperidine rings is 2. The maximum absolute atomic E-state index is 13.7. The van der Waals surface area contributed by atoms with Crippen molar-refractivity contribution in [2.45, 2.75) is 43.7 Å². The number of nitrogens with one attached hydrogen (secondary N) is 3. The fourth-order valence-corrected chi connectivity index (χ4v) is 4.54. The largest absolute Gasteiger partial charge is 0.435 e. The summed E-state index contributed by atoms with van der Waals surface area (Å²) in [5.74, 6) is -1.78. The molecule has 7 nitrogen and oxygen atoms in total. The van der Waals surface area contributed by atoms with Crippen LogP contribution in [0.5, 0.6) is 0 Å².